The van der Waals surface area contributed by atoms with Gasteiger partial charge in [-0.05, 0) is 38.3 Å². The van der Waals surface area contributed by atoms with Crippen LogP contribution in [0, 0.1) is 6.92 Å². The van der Waals surface area contributed by atoms with Crippen LogP contribution in [0.1, 0.15) is 35.7 Å². The van der Waals surface area contributed by atoms with Crippen molar-refractivity contribution < 1.29 is 14.3 Å². The first-order valence-electron chi connectivity index (χ1n) is 9.06. The molecule has 0 aromatic heterocycles. The third-order valence-corrected chi connectivity index (χ3v) is 5.11. The van der Waals surface area contributed by atoms with Crippen molar-refractivity contribution in [2.75, 3.05) is 26.2 Å². The number of hydrogen-bond acceptors (Lipinski definition) is 4. The molecule has 2 aliphatic rings. The first-order valence-corrected chi connectivity index (χ1v) is 9.06. The van der Waals surface area contributed by atoms with E-state index in [0.29, 0.717) is 26.2 Å². The molecule has 2 amide bonds. The molecule has 0 aliphatic carbocycles. The van der Waals surface area contributed by atoms with Crippen molar-refractivity contribution in [3.63, 3.8) is 0 Å². The van der Waals surface area contributed by atoms with Gasteiger partial charge in [-0.3, -0.25) is 9.59 Å². The van der Waals surface area contributed by atoms with Gasteiger partial charge in [-0.1, -0.05) is 18.2 Å². The Morgan fingerprint density at radius 1 is 1.24 bits per heavy atom. The molecule has 0 bridgehead atoms. The number of rotatable bonds is 3. The normalized spacial score (nSPS) is 24.8. The first kappa shape index (κ1) is 17.9. The van der Waals surface area contributed by atoms with Crippen LogP contribution in [0.3, 0.4) is 0 Å². The third kappa shape index (κ3) is 4.19. The number of nitrogens with zero attached hydrogens (tertiary/aromatic N) is 1. The van der Waals surface area contributed by atoms with Crippen LogP contribution in [0.15, 0.2) is 24.3 Å². The van der Waals surface area contributed by atoms with Gasteiger partial charge in [0.25, 0.3) is 5.91 Å². The van der Waals surface area contributed by atoms with E-state index in [1.165, 1.54) is 0 Å². The molecule has 6 nitrogen and oxygen atoms in total. The molecule has 0 spiro atoms. The van der Waals surface area contributed by atoms with Crippen LogP contribution in [-0.2, 0) is 9.53 Å². The smallest absolute Gasteiger partial charge is 0.251 e. The molecule has 2 heterocycles. The van der Waals surface area contributed by atoms with Crippen molar-refractivity contribution in [3.8, 4) is 0 Å². The number of likely N-dealkylation sites (tertiary alicyclic amines) is 1. The molecular formula is C19H27N3O3. The lowest BCUT2D eigenvalue weighted by atomic mass is 10.0. The van der Waals surface area contributed by atoms with Gasteiger partial charge in [-0.15, -0.1) is 0 Å². The van der Waals surface area contributed by atoms with E-state index >= 15 is 0 Å². The number of hydrogen-bond donors (Lipinski definition) is 2. The standard InChI is InChI=1S/C19H27N3O3/c1-13-5-3-4-6-16(13)18(23)21-15-7-10-22(11-8-15)19(24)17-14(2)25-12-9-20-17/h3-6,14-15,17,20H,7-12H2,1-2H3,(H,21,23)/t14-,17+/m1/s1. The number of aryl methyl sites for hydroxylation is 1. The Balaban J connectivity index is 1.51. The zero-order valence-electron chi connectivity index (χ0n) is 15.0. The molecule has 6 heteroatoms. The zero-order valence-corrected chi connectivity index (χ0v) is 15.0. The molecule has 0 unspecified atom stereocenters. The van der Waals surface area contributed by atoms with Crippen molar-refractivity contribution >= 4 is 11.8 Å². The van der Waals surface area contributed by atoms with Crippen LogP contribution in [0.2, 0.25) is 0 Å². The third-order valence-electron chi connectivity index (χ3n) is 5.11. The lowest BCUT2D eigenvalue weighted by Crippen LogP contribution is -2.58. The highest BCUT2D eigenvalue weighted by molar-refractivity contribution is 5.95. The highest BCUT2D eigenvalue weighted by Gasteiger charge is 2.33. The summed E-state index contributed by atoms with van der Waals surface area (Å²) in [5.41, 5.74) is 1.70. The van der Waals surface area contributed by atoms with Crippen molar-refractivity contribution in [2.45, 2.75) is 44.9 Å². The van der Waals surface area contributed by atoms with Crippen molar-refractivity contribution in [1.29, 1.82) is 0 Å². The number of carbonyl (C=O) groups is 2. The maximum atomic E-state index is 12.7. The Labute approximate surface area is 148 Å². The predicted molar refractivity (Wildman–Crippen MR) is 95.5 cm³/mol. The molecule has 2 atom stereocenters. The average molecular weight is 345 g/mol. The second-order valence-corrected chi connectivity index (χ2v) is 6.90. The quantitative estimate of drug-likeness (QED) is 0.860. The van der Waals surface area contributed by atoms with E-state index in [4.69, 9.17) is 4.74 Å². The largest absolute Gasteiger partial charge is 0.375 e. The van der Waals surface area contributed by atoms with E-state index in [1.54, 1.807) is 0 Å². The highest BCUT2D eigenvalue weighted by Crippen LogP contribution is 2.16. The van der Waals surface area contributed by atoms with Gasteiger partial charge in [0.2, 0.25) is 5.91 Å². The van der Waals surface area contributed by atoms with Gasteiger partial charge in [-0.2, -0.15) is 0 Å². The van der Waals surface area contributed by atoms with Crippen molar-refractivity contribution in [2.24, 2.45) is 0 Å². The van der Waals surface area contributed by atoms with Crippen LogP contribution in [0.4, 0.5) is 0 Å². The zero-order chi connectivity index (χ0) is 17.8. The Bertz CT molecular complexity index is 626. The lowest BCUT2D eigenvalue weighted by molar-refractivity contribution is -0.140. The monoisotopic (exact) mass is 345 g/mol. The molecule has 2 saturated heterocycles. The number of benzene rings is 1. The summed E-state index contributed by atoms with van der Waals surface area (Å²) in [6.45, 7) is 6.58. The van der Waals surface area contributed by atoms with Crippen LogP contribution >= 0.6 is 0 Å². The summed E-state index contributed by atoms with van der Waals surface area (Å²) in [5, 5.41) is 6.36. The predicted octanol–water partition coefficient (Wildman–Crippen LogP) is 1.09. The number of morpholine rings is 1. The number of amides is 2. The SMILES string of the molecule is Cc1ccccc1C(=O)NC1CCN(C(=O)[C@H]2NCCO[C@@H]2C)CC1. The summed E-state index contributed by atoms with van der Waals surface area (Å²) in [4.78, 5) is 27.0. The fraction of sp³-hybridized carbons (Fsp3) is 0.579. The Morgan fingerprint density at radius 3 is 2.64 bits per heavy atom. The molecule has 1 aromatic rings. The Kier molecular flexibility index (Phi) is 5.71. The van der Waals surface area contributed by atoms with Gasteiger partial charge >= 0.3 is 0 Å². The molecule has 1 aromatic carbocycles. The average Bonchev–Trinajstić information content (AvgIpc) is 2.62. The molecule has 3 rings (SSSR count). The van der Waals surface area contributed by atoms with E-state index in [-0.39, 0.29) is 30.0 Å². The second kappa shape index (κ2) is 7.97. The van der Waals surface area contributed by atoms with Gasteiger partial charge < -0.3 is 20.3 Å². The molecule has 25 heavy (non-hydrogen) atoms. The highest BCUT2D eigenvalue weighted by atomic mass is 16.5. The van der Waals surface area contributed by atoms with Gasteiger partial charge in [0, 0.05) is 31.2 Å². The van der Waals surface area contributed by atoms with E-state index < -0.39 is 0 Å². The molecule has 136 valence electrons. The van der Waals surface area contributed by atoms with E-state index in [9.17, 15) is 9.59 Å². The summed E-state index contributed by atoms with van der Waals surface area (Å²) in [6.07, 6.45) is 1.47. The van der Waals surface area contributed by atoms with E-state index in [1.807, 2.05) is 43.0 Å². The van der Waals surface area contributed by atoms with Gasteiger partial charge in [0.1, 0.15) is 6.04 Å². The molecule has 2 N–H and O–H groups in total. The van der Waals surface area contributed by atoms with E-state index in [2.05, 4.69) is 10.6 Å². The minimum Gasteiger partial charge on any atom is -0.375 e. The van der Waals surface area contributed by atoms with Gasteiger partial charge in [0.15, 0.2) is 0 Å². The second-order valence-electron chi connectivity index (χ2n) is 6.90. The molecular weight excluding hydrogens is 318 g/mol. The summed E-state index contributed by atoms with van der Waals surface area (Å²) in [6, 6.07) is 7.45. The topological polar surface area (TPSA) is 70.7 Å². The summed E-state index contributed by atoms with van der Waals surface area (Å²) in [7, 11) is 0. The first-order chi connectivity index (χ1) is 12.1. The fourth-order valence-corrected chi connectivity index (χ4v) is 3.54. The lowest BCUT2D eigenvalue weighted by Gasteiger charge is -2.37. The van der Waals surface area contributed by atoms with Crippen molar-refractivity contribution in [3.05, 3.63) is 35.4 Å². The van der Waals surface area contributed by atoms with Crippen LogP contribution in [-0.4, -0.2) is 61.1 Å². The maximum absolute atomic E-state index is 12.7. The number of carbonyl (C=O) groups excluding carboxylic acids is 2. The number of piperidine rings is 1. The Hall–Kier alpha value is -1.92. The van der Waals surface area contributed by atoms with Crippen LogP contribution in [0.25, 0.3) is 0 Å². The number of nitrogens with one attached hydrogen (secondary N) is 2. The van der Waals surface area contributed by atoms with Crippen LogP contribution in [0.5, 0.6) is 0 Å². The maximum Gasteiger partial charge on any atom is 0.251 e. The summed E-state index contributed by atoms with van der Waals surface area (Å²) in [5.74, 6) is 0.0785. The molecule has 0 saturated carbocycles. The Morgan fingerprint density at radius 2 is 1.96 bits per heavy atom. The van der Waals surface area contributed by atoms with Gasteiger partial charge in [-0.25, -0.2) is 0 Å². The fourth-order valence-electron chi connectivity index (χ4n) is 3.54. The minimum atomic E-state index is -0.258. The van der Waals surface area contributed by atoms with E-state index in [0.717, 1.165) is 24.0 Å². The van der Waals surface area contributed by atoms with Crippen LogP contribution < -0.4 is 10.6 Å². The summed E-state index contributed by atoms with van der Waals surface area (Å²) < 4.78 is 5.57. The van der Waals surface area contributed by atoms with Gasteiger partial charge in [0.05, 0.1) is 12.7 Å². The molecule has 0 radical (unpaired) electrons. The number of ether oxygens (including phenoxy) is 1. The molecule has 2 fully saturated rings. The molecule has 2 aliphatic heterocycles. The minimum absolute atomic E-state index is 0.0288. The van der Waals surface area contributed by atoms with Crippen molar-refractivity contribution in [1.82, 2.24) is 15.5 Å². The summed E-state index contributed by atoms with van der Waals surface area (Å²) >= 11 is 0.